The molecule has 0 bridgehead atoms. The molecule has 0 saturated carbocycles. The van der Waals surface area contributed by atoms with Crippen LogP contribution in [0.5, 0.6) is 0 Å². The van der Waals surface area contributed by atoms with Gasteiger partial charge in [-0.25, -0.2) is 4.98 Å². The van der Waals surface area contributed by atoms with Crippen LogP contribution in [0.15, 0.2) is 42.9 Å². The van der Waals surface area contributed by atoms with E-state index in [1.165, 1.54) is 0 Å². The first-order valence-electron chi connectivity index (χ1n) is 5.75. The van der Waals surface area contributed by atoms with Crippen molar-refractivity contribution in [1.82, 2.24) is 9.55 Å². The minimum atomic E-state index is -0.704. The number of para-hydroxylation sites is 1. The van der Waals surface area contributed by atoms with Crippen molar-refractivity contribution in [1.29, 1.82) is 0 Å². The highest BCUT2D eigenvalue weighted by Crippen LogP contribution is 2.17. The van der Waals surface area contributed by atoms with E-state index in [4.69, 9.17) is 5.73 Å². The minimum absolute atomic E-state index is 0.269. The van der Waals surface area contributed by atoms with Crippen molar-refractivity contribution in [3.63, 3.8) is 0 Å². The maximum Gasteiger partial charge on any atom is 0.112 e. The van der Waals surface area contributed by atoms with Crippen LogP contribution >= 0.6 is 0 Å². The van der Waals surface area contributed by atoms with Gasteiger partial charge in [0.1, 0.15) is 6.10 Å². The van der Waals surface area contributed by atoms with Gasteiger partial charge in [-0.05, 0) is 18.6 Å². The largest absolute Gasteiger partial charge is 0.385 e. The Kier molecular flexibility index (Phi) is 3.56. The van der Waals surface area contributed by atoms with Gasteiger partial charge in [0.25, 0.3) is 0 Å². The molecule has 0 fully saturated rings. The van der Waals surface area contributed by atoms with E-state index in [9.17, 15) is 5.11 Å². The molecular weight excluding hydrogens is 214 g/mol. The van der Waals surface area contributed by atoms with Crippen LogP contribution in [-0.4, -0.2) is 20.7 Å². The zero-order valence-corrected chi connectivity index (χ0v) is 9.82. The number of hydrogen-bond acceptors (Lipinski definition) is 3. The molecule has 0 aliphatic carbocycles. The SMILES string of the molecule is CC[C@H](N)C(O)c1cn(-c2ccccc2)cn1. The van der Waals surface area contributed by atoms with Crippen molar-refractivity contribution < 1.29 is 5.11 Å². The van der Waals surface area contributed by atoms with Gasteiger partial charge in [-0.3, -0.25) is 0 Å². The molecule has 1 unspecified atom stereocenters. The molecule has 1 aromatic carbocycles. The van der Waals surface area contributed by atoms with Crippen molar-refractivity contribution in [2.45, 2.75) is 25.5 Å². The second kappa shape index (κ2) is 5.12. The number of aliphatic hydroxyl groups excluding tert-OH is 1. The molecule has 2 atom stereocenters. The first kappa shape index (κ1) is 11.8. The maximum absolute atomic E-state index is 9.95. The highest BCUT2D eigenvalue weighted by Gasteiger charge is 2.17. The summed E-state index contributed by atoms with van der Waals surface area (Å²) >= 11 is 0. The summed E-state index contributed by atoms with van der Waals surface area (Å²) in [6.45, 7) is 1.95. The number of benzene rings is 1. The molecule has 0 aliphatic heterocycles. The molecule has 0 aliphatic rings. The van der Waals surface area contributed by atoms with Gasteiger partial charge in [0.2, 0.25) is 0 Å². The highest BCUT2D eigenvalue weighted by molar-refractivity contribution is 5.31. The lowest BCUT2D eigenvalue weighted by molar-refractivity contribution is 0.140. The van der Waals surface area contributed by atoms with E-state index in [1.807, 2.05) is 48.0 Å². The number of rotatable bonds is 4. The molecule has 0 saturated heterocycles. The van der Waals surface area contributed by atoms with Gasteiger partial charge in [-0.15, -0.1) is 0 Å². The molecule has 1 heterocycles. The van der Waals surface area contributed by atoms with Crippen molar-refractivity contribution in [3.8, 4) is 5.69 Å². The van der Waals surface area contributed by atoms with Crippen LogP contribution in [0, 0.1) is 0 Å². The summed E-state index contributed by atoms with van der Waals surface area (Å²) in [5.41, 5.74) is 7.43. The molecule has 4 heteroatoms. The van der Waals surface area contributed by atoms with Gasteiger partial charge in [-0.1, -0.05) is 25.1 Å². The molecule has 3 N–H and O–H groups in total. The van der Waals surface area contributed by atoms with E-state index >= 15 is 0 Å². The molecule has 0 radical (unpaired) electrons. The summed E-state index contributed by atoms with van der Waals surface area (Å²) in [7, 11) is 0. The second-order valence-corrected chi connectivity index (χ2v) is 4.06. The summed E-state index contributed by atoms with van der Waals surface area (Å²) in [6, 6.07) is 9.58. The number of aromatic nitrogens is 2. The first-order valence-corrected chi connectivity index (χ1v) is 5.75. The van der Waals surface area contributed by atoms with Crippen molar-refractivity contribution >= 4 is 0 Å². The third kappa shape index (κ3) is 2.54. The summed E-state index contributed by atoms with van der Waals surface area (Å²) in [4.78, 5) is 4.19. The smallest absolute Gasteiger partial charge is 0.112 e. The molecule has 2 aromatic rings. The van der Waals surface area contributed by atoms with Crippen LogP contribution in [0.4, 0.5) is 0 Å². The van der Waals surface area contributed by atoms with Crippen LogP contribution in [0.3, 0.4) is 0 Å². The van der Waals surface area contributed by atoms with E-state index in [0.29, 0.717) is 5.69 Å². The summed E-state index contributed by atoms with van der Waals surface area (Å²) in [6.07, 6.45) is 3.52. The van der Waals surface area contributed by atoms with Crippen LogP contribution in [0.25, 0.3) is 5.69 Å². The third-order valence-electron chi connectivity index (χ3n) is 2.84. The van der Waals surface area contributed by atoms with Crippen LogP contribution in [-0.2, 0) is 0 Å². The molecule has 4 nitrogen and oxygen atoms in total. The fourth-order valence-electron chi connectivity index (χ4n) is 1.67. The third-order valence-corrected chi connectivity index (χ3v) is 2.84. The van der Waals surface area contributed by atoms with Crippen LogP contribution in [0.2, 0.25) is 0 Å². The van der Waals surface area contributed by atoms with E-state index < -0.39 is 6.10 Å². The zero-order valence-electron chi connectivity index (χ0n) is 9.82. The molecule has 2 rings (SSSR count). The summed E-state index contributed by atoms with van der Waals surface area (Å²) < 4.78 is 1.88. The quantitative estimate of drug-likeness (QED) is 0.840. The number of imidazole rings is 1. The molecule has 0 amide bonds. The second-order valence-electron chi connectivity index (χ2n) is 4.06. The van der Waals surface area contributed by atoms with E-state index in [2.05, 4.69) is 4.98 Å². The Morgan fingerprint density at radius 3 is 2.71 bits per heavy atom. The van der Waals surface area contributed by atoms with Crippen molar-refractivity contribution in [3.05, 3.63) is 48.5 Å². The van der Waals surface area contributed by atoms with Gasteiger partial charge in [-0.2, -0.15) is 0 Å². The summed E-state index contributed by atoms with van der Waals surface area (Å²) in [5, 5.41) is 9.95. The predicted octanol–water partition coefficient (Wildman–Crippen LogP) is 1.64. The van der Waals surface area contributed by atoms with Crippen LogP contribution < -0.4 is 5.73 Å². The lowest BCUT2D eigenvalue weighted by atomic mass is 10.1. The van der Waals surface area contributed by atoms with Gasteiger partial charge < -0.3 is 15.4 Å². The predicted molar refractivity (Wildman–Crippen MR) is 66.8 cm³/mol. The Morgan fingerprint density at radius 1 is 1.35 bits per heavy atom. The average molecular weight is 231 g/mol. The van der Waals surface area contributed by atoms with Crippen molar-refractivity contribution in [2.24, 2.45) is 5.73 Å². The Balaban J connectivity index is 2.22. The van der Waals surface area contributed by atoms with Crippen LogP contribution in [0.1, 0.15) is 25.1 Å². The fraction of sp³-hybridized carbons (Fsp3) is 0.308. The Bertz CT molecular complexity index is 467. The van der Waals surface area contributed by atoms with Gasteiger partial charge in [0, 0.05) is 17.9 Å². The topological polar surface area (TPSA) is 64.1 Å². The Morgan fingerprint density at radius 2 is 2.06 bits per heavy atom. The van der Waals surface area contributed by atoms with E-state index in [0.717, 1.165) is 12.1 Å². The van der Waals surface area contributed by atoms with E-state index in [-0.39, 0.29) is 6.04 Å². The Hall–Kier alpha value is -1.65. The molecule has 17 heavy (non-hydrogen) atoms. The van der Waals surface area contributed by atoms with Gasteiger partial charge >= 0.3 is 0 Å². The monoisotopic (exact) mass is 231 g/mol. The summed E-state index contributed by atoms with van der Waals surface area (Å²) in [5.74, 6) is 0. The normalized spacial score (nSPS) is 14.5. The van der Waals surface area contributed by atoms with Gasteiger partial charge in [0.05, 0.1) is 12.0 Å². The van der Waals surface area contributed by atoms with E-state index in [1.54, 1.807) is 6.33 Å². The Labute approximate surface area is 101 Å². The lowest BCUT2D eigenvalue weighted by Gasteiger charge is -2.14. The first-order chi connectivity index (χ1) is 8.22. The fourth-order valence-corrected chi connectivity index (χ4v) is 1.67. The zero-order chi connectivity index (χ0) is 12.3. The molecule has 90 valence electrons. The lowest BCUT2D eigenvalue weighted by Crippen LogP contribution is -2.27. The molecule has 1 aromatic heterocycles. The molecular formula is C13H17N3O. The average Bonchev–Trinajstić information content (AvgIpc) is 2.87. The van der Waals surface area contributed by atoms with Crippen molar-refractivity contribution in [2.75, 3.05) is 0 Å². The van der Waals surface area contributed by atoms with Gasteiger partial charge in [0.15, 0.2) is 0 Å². The number of hydrogen-bond donors (Lipinski definition) is 2. The standard InChI is InChI=1S/C13H17N3O/c1-2-11(14)13(17)12-8-16(9-15-12)10-6-4-3-5-7-10/h3-9,11,13,17H,2,14H2,1H3/t11-,13?/m0/s1. The highest BCUT2D eigenvalue weighted by atomic mass is 16.3. The number of nitrogens with two attached hydrogens (primary N) is 1. The number of aliphatic hydroxyl groups is 1. The minimum Gasteiger partial charge on any atom is -0.385 e. The number of nitrogens with zero attached hydrogens (tertiary/aromatic N) is 2. The maximum atomic E-state index is 9.95. The molecule has 0 spiro atoms.